The summed E-state index contributed by atoms with van der Waals surface area (Å²) in [6.07, 6.45) is 0. The summed E-state index contributed by atoms with van der Waals surface area (Å²) in [6.45, 7) is 0. The lowest BCUT2D eigenvalue weighted by Crippen LogP contribution is -2.31. The maximum atomic E-state index is 9.52. The predicted octanol–water partition coefficient (Wildman–Crippen LogP) is 3.35. The van der Waals surface area contributed by atoms with Gasteiger partial charge in [-0.2, -0.15) is 0 Å². The molecule has 0 aliphatic rings. The molecule has 0 bridgehead atoms. The quantitative estimate of drug-likeness (QED) is 0.729. The fourth-order valence-electron chi connectivity index (χ4n) is 2.52. The van der Waals surface area contributed by atoms with Crippen LogP contribution in [0, 0.1) is 0 Å². The van der Waals surface area contributed by atoms with Crippen molar-refractivity contribution < 1.29 is 10.0 Å². The second kappa shape index (κ2) is 6.36. The van der Waals surface area contributed by atoms with Crippen LogP contribution in [0.4, 0.5) is 0 Å². The molecule has 4 heteroatoms. The highest BCUT2D eigenvalue weighted by atomic mass is 35.5. The van der Waals surface area contributed by atoms with E-state index in [1.54, 1.807) is 18.2 Å². The molecule has 0 amide bonds. The molecule has 22 heavy (non-hydrogen) atoms. The minimum Gasteiger partial charge on any atom is -0.423 e. The Morgan fingerprint density at radius 1 is 0.636 bits per heavy atom. The molecule has 2 N–H and O–H groups in total. The Labute approximate surface area is 134 Å². The van der Waals surface area contributed by atoms with Gasteiger partial charge in [0.05, 0.1) is 0 Å². The molecule has 0 spiro atoms. The van der Waals surface area contributed by atoms with E-state index in [1.807, 2.05) is 54.6 Å². The van der Waals surface area contributed by atoms with E-state index in [9.17, 15) is 10.0 Å². The molecule has 0 radical (unpaired) electrons. The van der Waals surface area contributed by atoms with Crippen LogP contribution in [0.5, 0.6) is 0 Å². The highest BCUT2D eigenvalue weighted by molar-refractivity contribution is 6.61. The number of halogens is 1. The van der Waals surface area contributed by atoms with E-state index in [2.05, 4.69) is 0 Å². The molecule has 0 fully saturated rings. The highest BCUT2D eigenvalue weighted by Gasteiger charge is 2.19. The first kappa shape index (κ1) is 14.9. The lowest BCUT2D eigenvalue weighted by molar-refractivity contribution is 0.426. The summed E-state index contributed by atoms with van der Waals surface area (Å²) in [4.78, 5) is 0. The Morgan fingerprint density at radius 2 is 1.23 bits per heavy atom. The molecule has 3 rings (SSSR count). The van der Waals surface area contributed by atoms with E-state index in [0.29, 0.717) is 16.0 Å². The summed E-state index contributed by atoms with van der Waals surface area (Å²) in [5.41, 5.74) is 4.14. The molecule has 3 aromatic carbocycles. The van der Waals surface area contributed by atoms with Gasteiger partial charge in [0, 0.05) is 10.6 Å². The summed E-state index contributed by atoms with van der Waals surface area (Å²) < 4.78 is 0. The van der Waals surface area contributed by atoms with E-state index in [1.165, 1.54) is 0 Å². The second-order valence-corrected chi connectivity index (χ2v) is 5.43. The third-order valence-electron chi connectivity index (χ3n) is 3.60. The zero-order valence-corrected chi connectivity index (χ0v) is 12.5. The normalized spacial score (nSPS) is 10.5. The Balaban J connectivity index is 2.04. The fraction of sp³-hybridized carbons (Fsp3) is 0. The van der Waals surface area contributed by atoms with Gasteiger partial charge in [-0.3, -0.25) is 0 Å². The van der Waals surface area contributed by atoms with Crippen LogP contribution in [-0.4, -0.2) is 17.2 Å². The molecular formula is C18H14BClO2. The lowest BCUT2D eigenvalue weighted by atomic mass is 9.75. The van der Waals surface area contributed by atoms with Crippen molar-refractivity contribution in [3.05, 3.63) is 77.8 Å². The van der Waals surface area contributed by atoms with Gasteiger partial charge in [0.25, 0.3) is 0 Å². The summed E-state index contributed by atoms with van der Waals surface area (Å²) in [5, 5.41) is 19.5. The molecule has 0 aliphatic heterocycles. The number of hydrogen-bond acceptors (Lipinski definition) is 2. The average Bonchev–Trinajstić information content (AvgIpc) is 2.55. The van der Waals surface area contributed by atoms with Crippen molar-refractivity contribution in [1.82, 2.24) is 0 Å². The van der Waals surface area contributed by atoms with Crippen LogP contribution in [-0.2, 0) is 0 Å². The van der Waals surface area contributed by atoms with Crippen LogP contribution >= 0.6 is 11.6 Å². The molecule has 3 aromatic rings. The Hall–Kier alpha value is -2.07. The number of benzene rings is 3. The molecular weight excluding hydrogens is 294 g/mol. The Bertz CT molecular complexity index is 771. The molecule has 0 aliphatic carbocycles. The molecule has 0 heterocycles. The number of rotatable bonds is 3. The van der Waals surface area contributed by atoms with Crippen molar-refractivity contribution in [2.45, 2.75) is 0 Å². The van der Waals surface area contributed by atoms with Gasteiger partial charge >= 0.3 is 7.12 Å². The van der Waals surface area contributed by atoms with Crippen molar-refractivity contribution in [3.63, 3.8) is 0 Å². The van der Waals surface area contributed by atoms with Crippen molar-refractivity contribution in [2.24, 2.45) is 0 Å². The minimum absolute atomic E-state index is 0.403. The first-order chi connectivity index (χ1) is 10.7. The van der Waals surface area contributed by atoms with Gasteiger partial charge in [-0.15, -0.1) is 0 Å². The van der Waals surface area contributed by atoms with Crippen LogP contribution in [0.15, 0.2) is 72.8 Å². The minimum atomic E-state index is -1.55. The first-order valence-electron chi connectivity index (χ1n) is 6.97. The largest absolute Gasteiger partial charge is 0.489 e. The van der Waals surface area contributed by atoms with E-state index in [0.717, 1.165) is 16.7 Å². The predicted molar refractivity (Wildman–Crippen MR) is 92.1 cm³/mol. The van der Waals surface area contributed by atoms with Gasteiger partial charge in [-0.05, 0) is 28.2 Å². The van der Waals surface area contributed by atoms with Crippen molar-refractivity contribution in [3.8, 4) is 22.3 Å². The molecule has 108 valence electrons. The fourth-order valence-corrected chi connectivity index (χ4v) is 2.81. The van der Waals surface area contributed by atoms with Gasteiger partial charge in [-0.1, -0.05) is 78.3 Å². The van der Waals surface area contributed by atoms with Gasteiger partial charge < -0.3 is 10.0 Å². The van der Waals surface area contributed by atoms with E-state index < -0.39 is 7.12 Å². The zero-order valence-electron chi connectivity index (χ0n) is 11.8. The SMILES string of the molecule is OB(O)c1cccc(Cl)c1-c1ccc(-c2ccccc2)cc1. The topological polar surface area (TPSA) is 40.5 Å². The van der Waals surface area contributed by atoms with Crippen molar-refractivity contribution in [1.29, 1.82) is 0 Å². The second-order valence-electron chi connectivity index (χ2n) is 5.02. The molecule has 0 aromatic heterocycles. The first-order valence-corrected chi connectivity index (χ1v) is 7.35. The van der Waals surface area contributed by atoms with Crippen LogP contribution in [0.2, 0.25) is 5.02 Å². The van der Waals surface area contributed by atoms with Gasteiger partial charge in [-0.25, -0.2) is 0 Å². The molecule has 2 nitrogen and oxygen atoms in total. The number of hydrogen-bond donors (Lipinski definition) is 2. The molecule has 0 unspecified atom stereocenters. The van der Waals surface area contributed by atoms with Crippen LogP contribution in [0.1, 0.15) is 0 Å². The zero-order chi connectivity index (χ0) is 15.5. The van der Waals surface area contributed by atoms with Gasteiger partial charge in [0.2, 0.25) is 0 Å². The maximum absolute atomic E-state index is 9.52. The van der Waals surface area contributed by atoms with E-state index in [4.69, 9.17) is 11.6 Å². The molecule has 0 atom stereocenters. The molecule has 0 saturated carbocycles. The smallest absolute Gasteiger partial charge is 0.423 e. The van der Waals surface area contributed by atoms with Crippen LogP contribution in [0.25, 0.3) is 22.3 Å². The summed E-state index contributed by atoms with van der Waals surface area (Å²) in [6, 6.07) is 23.1. The average molecular weight is 309 g/mol. The summed E-state index contributed by atoms with van der Waals surface area (Å²) in [7, 11) is -1.55. The van der Waals surface area contributed by atoms with E-state index in [-0.39, 0.29) is 0 Å². The summed E-state index contributed by atoms with van der Waals surface area (Å²) in [5.74, 6) is 0. The third-order valence-corrected chi connectivity index (χ3v) is 3.92. The standard InChI is InChI=1S/C18H14BClO2/c20-17-8-4-7-16(19(21)22)18(17)15-11-9-14(10-12-15)13-5-2-1-3-6-13/h1-12,21-22H. The monoisotopic (exact) mass is 308 g/mol. The van der Waals surface area contributed by atoms with Crippen molar-refractivity contribution in [2.75, 3.05) is 0 Å². The van der Waals surface area contributed by atoms with Gasteiger partial charge in [0.1, 0.15) is 0 Å². The Morgan fingerprint density at radius 3 is 1.86 bits per heavy atom. The van der Waals surface area contributed by atoms with Gasteiger partial charge in [0.15, 0.2) is 0 Å². The van der Waals surface area contributed by atoms with Crippen molar-refractivity contribution >= 4 is 24.2 Å². The highest BCUT2D eigenvalue weighted by Crippen LogP contribution is 2.28. The van der Waals surface area contributed by atoms with Crippen LogP contribution in [0.3, 0.4) is 0 Å². The Kier molecular flexibility index (Phi) is 4.30. The third kappa shape index (κ3) is 2.92. The lowest BCUT2D eigenvalue weighted by Gasteiger charge is -2.12. The summed E-state index contributed by atoms with van der Waals surface area (Å²) >= 11 is 6.24. The maximum Gasteiger partial charge on any atom is 0.489 e. The molecule has 0 saturated heterocycles. The van der Waals surface area contributed by atoms with Crippen LogP contribution < -0.4 is 5.46 Å². The van der Waals surface area contributed by atoms with E-state index >= 15 is 0 Å².